The van der Waals surface area contributed by atoms with E-state index in [0.717, 1.165) is 36.8 Å². The van der Waals surface area contributed by atoms with Gasteiger partial charge in [-0.1, -0.05) is 28.2 Å². The van der Waals surface area contributed by atoms with Crippen LogP contribution in [0.2, 0.25) is 0 Å². The fourth-order valence-corrected chi connectivity index (χ4v) is 7.23. The third-order valence-electron chi connectivity index (χ3n) is 8.60. The third kappa shape index (κ3) is 1.74. The number of fused-ring (bicyclic) bond motifs is 3. The van der Waals surface area contributed by atoms with Crippen LogP contribution < -0.4 is 4.84 Å². The fraction of sp³-hybridized carbons (Fsp3) is 0.810. The first-order valence-corrected chi connectivity index (χ1v) is 10.0. The maximum atomic E-state index is 11.3. The number of aliphatic hydroxyl groups is 1. The topological polar surface area (TPSA) is 97.1 Å². The van der Waals surface area contributed by atoms with Crippen molar-refractivity contribution in [1.29, 1.82) is 0 Å². The number of epoxide rings is 2. The summed E-state index contributed by atoms with van der Waals surface area (Å²) in [7, 11) is 0. The molecule has 7 heteroatoms. The van der Waals surface area contributed by atoms with Gasteiger partial charge < -0.3 is 19.0 Å². The molecule has 0 bridgehead atoms. The molecule has 28 heavy (non-hydrogen) atoms. The van der Waals surface area contributed by atoms with E-state index in [-0.39, 0.29) is 42.8 Å². The summed E-state index contributed by atoms with van der Waals surface area (Å²) >= 11 is 0. The summed E-state index contributed by atoms with van der Waals surface area (Å²) in [5, 5.41) is 13.8. The minimum Gasteiger partial charge on any atom is -0.432 e. The molecule has 3 aliphatic carbocycles. The quantitative estimate of drug-likeness (QED) is 0.479. The zero-order valence-corrected chi connectivity index (χ0v) is 15.8. The van der Waals surface area contributed by atoms with Crippen molar-refractivity contribution in [3.8, 4) is 5.95 Å². The van der Waals surface area contributed by atoms with Crippen molar-refractivity contribution < 1.29 is 23.8 Å². The van der Waals surface area contributed by atoms with Crippen LogP contribution in [0.5, 0.6) is 5.95 Å². The van der Waals surface area contributed by atoms with Crippen LogP contribution in [-0.2, 0) is 15.9 Å². The van der Waals surface area contributed by atoms with E-state index in [9.17, 15) is 10.0 Å². The molecule has 0 aromatic carbocycles. The molecule has 5 aliphatic rings. The Kier molecular flexibility index (Phi) is 3.57. The lowest BCUT2D eigenvalue weighted by atomic mass is 9.47. The maximum Gasteiger partial charge on any atom is 0.321 e. The first-order valence-electron chi connectivity index (χ1n) is 10.0. The molecule has 8 unspecified atom stereocenters. The second kappa shape index (κ2) is 5.37. The van der Waals surface area contributed by atoms with E-state index in [1.165, 1.54) is 0 Å². The smallest absolute Gasteiger partial charge is 0.321 e. The summed E-state index contributed by atoms with van der Waals surface area (Å²) in [6, 6.07) is 0. The van der Waals surface area contributed by atoms with E-state index in [1.807, 2.05) is 0 Å². The van der Waals surface area contributed by atoms with Gasteiger partial charge in [0.05, 0.1) is 24.6 Å². The second-order valence-electron chi connectivity index (χ2n) is 9.66. The highest BCUT2D eigenvalue weighted by Gasteiger charge is 2.92. The highest BCUT2D eigenvalue weighted by atomic mass is 16.8. The molecule has 6 rings (SSSR count). The summed E-state index contributed by atoms with van der Waals surface area (Å²) in [6.45, 7) is 6.63. The Labute approximate surface area is 164 Å². The highest BCUT2D eigenvalue weighted by Crippen LogP contribution is 2.79. The molecular weight excluding hydrogens is 362 g/mol. The zero-order valence-electron chi connectivity index (χ0n) is 15.8. The molecule has 8 atom stereocenters. The molecule has 4 fully saturated rings. The predicted octanol–water partition coefficient (Wildman–Crippen LogP) is 3.73. The van der Waals surface area contributed by atoms with Crippen LogP contribution in [0.4, 0.5) is 0 Å². The minimum atomic E-state index is -0.555. The molecule has 1 aromatic rings. The molecule has 0 amide bonds. The molecular formula is C21H29NO6. The molecule has 2 aliphatic heterocycles. The number of hydrogen-bond acceptors (Lipinski definition) is 7. The van der Waals surface area contributed by atoms with Gasteiger partial charge in [0, 0.05) is 16.5 Å². The molecule has 3 heterocycles. The molecule has 0 radical (unpaired) electrons. The number of ether oxygens (including phenoxy) is 2. The molecule has 2 saturated carbocycles. The standard InChI is InChI=1S/C20H25NO6.CH4/c1-9(2)11-6-15-20(26-15)18(3)5-4-10-12(8-24-17(10)27-21-23)13(18)7-14-19(20,25-14)16(11)22;/h8-9,11,13-16,22H,4-7H2,1-3H3;1H4. The van der Waals surface area contributed by atoms with Crippen molar-refractivity contribution >= 4 is 0 Å². The van der Waals surface area contributed by atoms with Gasteiger partial charge in [0.2, 0.25) is 0 Å². The second-order valence-corrected chi connectivity index (χ2v) is 9.66. The molecule has 2 saturated heterocycles. The van der Waals surface area contributed by atoms with Crippen LogP contribution in [0.25, 0.3) is 0 Å². The van der Waals surface area contributed by atoms with Crippen molar-refractivity contribution in [2.24, 2.45) is 22.6 Å². The van der Waals surface area contributed by atoms with Crippen molar-refractivity contribution in [3.05, 3.63) is 22.3 Å². The maximum absolute atomic E-state index is 11.3. The van der Waals surface area contributed by atoms with Gasteiger partial charge in [-0.05, 0) is 43.4 Å². The van der Waals surface area contributed by atoms with Crippen LogP contribution in [-0.4, -0.2) is 34.6 Å². The van der Waals surface area contributed by atoms with E-state index in [4.69, 9.17) is 18.7 Å². The number of aliphatic hydroxyl groups excluding tert-OH is 1. The summed E-state index contributed by atoms with van der Waals surface area (Å²) in [5.41, 5.74) is 0.903. The van der Waals surface area contributed by atoms with Gasteiger partial charge in [-0.15, -0.1) is 4.91 Å². The Bertz CT molecular complexity index is 837. The Morgan fingerprint density at radius 1 is 1.29 bits per heavy atom. The average molecular weight is 391 g/mol. The highest BCUT2D eigenvalue weighted by molar-refractivity contribution is 5.48. The lowest BCUT2D eigenvalue weighted by Gasteiger charge is -2.54. The van der Waals surface area contributed by atoms with E-state index >= 15 is 0 Å². The summed E-state index contributed by atoms with van der Waals surface area (Å²) in [4.78, 5) is 15.3. The van der Waals surface area contributed by atoms with Crippen molar-refractivity contribution in [3.63, 3.8) is 0 Å². The van der Waals surface area contributed by atoms with Gasteiger partial charge in [-0.25, -0.2) is 0 Å². The van der Waals surface area contributed by atoms with Gasteiger partial charge in [0.15, 0.2) is 10.9 Å². The van der Waals surface area contributed by atoms with E-state index in [2.05, 4.69) is 26.1 Å². The van der Waals surface area contributed by atoms with Crippen LogP contribution >= 0.6 is 0 Å². The monoisotopic (exact) mass is 391 g/mol. The Morgan fingerprint density at radius 2 is 2.07 bits per heavy atom. The fourth-order valence-electron chi connectivity index (χ4n) is 7.23. The lowest BCUT2D eigenvalue weighted by molar-refractivity contribution is -0.0912. The van der Waals surface area contributed by atoms with Gasteiger partial charge >= 0.3 is 5.95 Å². The van der Waals surface area contributed by atoms with Crippen LogP contribution in [0.1, 0.15) is 64.5 Å². The molecule has 1 aromatic heterocycles. The third-order valence-corrected chi connectivity index (χ3v) is 8.60. The van der Waals surface area contributed by atoms with E-state index in [1.54, 1.807) is 6.26 Å². The number of rotatable bonds is 3. The van der Waals surface area contributed by atoms with Crippen molar-refractivity contribution in [2.75, 3.05) is 0 Å². The Morgan fingerprint density at radius 3 is 2.79 bits per heavy atom. The Hall–Kier alpha value is -1.44. The SMILES string of the molecule is C.CC(C)C1CC2OC23C2(C)CCc4c(coc4ON=O)C2CC2OC23C1O. The number of nitrogens with zero attached hydrogens (tertiary/aromatic N) is 1. The summed E-state index contributed by atoms with van der Waals surface area (Å²) in [5.74, 6) is 1.02. The van der Waals surface area contributed by atoms with E-state index < -0.39 is 17.3 Å². The largest absolute Gasteiger partial charge is 0.432 e. The zero-order chi connectivity index (χ0) is 18.8. The number of hydrogen-bond donors (Lipinski definition) is 1. The van der Waals surface area contributed by atoms with Gasteiger partial charge in [0.1, 0.15) is 5.60 Å². The summed E-state index contributed by atoms with van der Waals surface area (Å²) < 4.78 is 18.3. The molecule has 7 nitrogen and oxygen atoms in total. The van der Waals surface area contributed by atoms with E-state index in [0.29, 0.717) is 5.92 Å². The van der Waals surface area contributed by atoms with Crippen LogP contribution in [0.15, 0.2) is 16.0 Å². The van der Waals surface area contributed by atoms with Gasteiger partial charge in [-0.2, -0.15) is 0 Å². The number of furan rings is 1. The normalized spacial score (nSPS) is 49.5. The van der Waals surface area contributed by atoms with Crippen molar-refractivity contribution in [1.82, 2.24) is 0 Å². The van der Waals surface area contributed by atoms with Gasteiger partial charge in [0.25, 0.3) is 0 Å². The van der Waals surface area contributed by atoms with Crippen LogP contribution in [0, 0.1) is 22.2 Å². The molecule has 1 N–H and O–H groups in total. The van der Waals surface area contributed by atoms with Crippen LogP contribution in [0.3, 0.4) is 0 Å². The molecule has 154 valence electrons. The molecule has 2 spiro atoms. The average Bonchev–Trinajstić information content (AvgIpc) is 3.50. The summed E-state index contributed by atoms with van der Waals surface area (Å²) in [6.07, 6.45) is 4.72. The predicted molar refractivity (Wildman–Crippen MR) is 99.8 cm³/mol. The Balaban J connectivity index is 0.00000171. The minimum absolute atomic E-state index is 0. The van der Waals surface area contributed by atoms with Crippen molar-refractivity contribution in [2.45, 2.75) is 89.3 Å². The first kappa shape index (κ1) is 18.6. The lowest BCUT2D eigenvalue weighted by Crippen LogP contribution is -2.65. The van der Waals surface area contributed by atoms with Gasteiger partial charge in [-0.3, -0.25) is 4.84 Å². The first-order chi connectivity index (χ1) is 12.9.